The van der Waals surface area contributed by atoms with Gasteiger partial charge in [-0.1, -0.05) is 13.8 Å². The Morgan fingerprint density at radius 1 is 1.40 bits per heavy atom. The van der Waals surface area contributed by atoms with Crippen LogP contribution >= 0.6 is 0 Å². The van der Waals surface area contributed by atoms with Gasteiger partial charge >= 0.3 is 12.0 Å². The fourth-order valence-corrected chi connectivity index (χ4v) is 2.46. The van der Waals surface area contributed by atoms with Crippen molar-refractivity contribution in [3.05, 3.63) is 0 Å². The van der Waals surface area contributed by atoms with Gasteiger partial charge in [-0.2, -0.15) is 0 Å². The molecule has 2 amide bonds. The van der Waals surface area contributed by atoms with Crippen molar-refractivity contribution in [2.24, 2.45) is 5.92 Å². The average molecular weight is 285 g/mol. The molecule has 3 atom stereocenters. The van der Waals surface area contributed by atoms with E-state index in [1.54, 1.807) is 0 Å². The fraction of sp³-hybridized carbons (Fsp3) is 0.857. The van der Waals surface area contributed by atoms with Crippen molar-refractivity contribution in [1.29, 1.82) is 0 Å². The van der Waals surface area contributed by atoms with Crippen LogP contribution in [0.25, 0.3) is 0 Å². The van der Waals surface area contributed by atoms with Gasteiger partial charge in [-0.25, -0.2) is 4.79 Å². The van der Waals surface area contributed by atoms with Crippen LogP contribution in [0.1, 0.15) is 40.0 Å². The van der Waals surface area contributed by atoms with Gasteiger partial charge in [0, 0.05) is 24.7 Å². The molecule has 0 aromatic carbocycles. The third kappa shape index (κ3) is 5.36. The molecule has 1 heterocycles. The molecule has 1 rings (SSSR count). The number of rotatable bonds is 5. The van der Waals surface area contributed by atoms with Gasteiger partial charge in [-0.05, 0) is 32.7 Å². The molecule has 1 aliphatic rings. The molecular weight excluding hydrogens is 258 g/mol. The topological polar surface area (TPSA) is 81.7 Å². The summed E-state index contributed by atoms with van der Waals surface area (Å²) in [7, 11) is 2.09. The van der Waals surface area contributed by atoms with E-state index in [-0.39, 0.29) is 30.5 Å². The smallest absolute Gasteiger partial charge is 0.315 e. The summed E-state index contributed by atoms with van der Waals surface area (Å²) in [6.45, 7) is 6.93. The van der Waals surface area contributed by atoms with E-state index in [9.17, 15) is 9.59 Å². The molecule has 116 valence electrons. The lowest BCUT2D eigenvalue weighted by atomic mass is 9.99. The van der Waals surface area contributed by atoms with Gasteiger partial charge in [-0.3, -0.25) is 4.79 Å². The minimum atomic E-state index is -0.892. The van der Waals surface area contributed by atoms with E-state index >= 15 is 0 Å². The van der Waals surface area contributed by atoms with Gasteiger partial charge in [-0.15, -0.1) is 0 Å². The van der Waals surface area contributed by atoms with E-state index in [2.05, 4.69) is 29.5 Å². The van der Waals surface area contributed by atoms with Gasteiger partial charge in [0.05, 0.1) is 6.42 Å². The Kier molecular flexibility index (Phi) is 6.26. The van der Waals surface area contributed by atoms with E-state index in [1.807, 2.05) is 13.8 Å². The van der Waals surface area contributed by atoms with Crippen LogP contribution in [0.3, 0.4) is 0 Å². The Morgan fingerprint density at radius 2 is 2.05 bits per heavy atom. The predicted octanol–water partition coefficient (Wildman–Crippen LogP) is 1.27. The van der Waals surface area contributed by atoms with E-state index in [0.29, 0.717) is 6.04 Å². The fourth-order valence-electron chi connectivity index (χ4n) is 2.46. The standard InChI is InChI=1S/C14H27N3O3/c1-9(2)12(8-13(18)19)16-14(20)15-11-5-6-17(4)10(3)7-11/h9-12H,5-8H2,1-4H3,(H,18,19)(H2,15,16,20). The van der Waals surface area contributed by atoms with Crippen molar-refractivity contribution in [3.8, 4) is 0 Å². The van der Waals surface area contributed by atoms with Gasteiger partial charge in [0.15, 0.2) is 0 Å². The second-order valence-corrected chi connectivity index (χ2v) is 6.12. The van der Waals surface area contributed by atoms with Crippen LogP contribution < -0.4 is 10.6 Å². The van der Waals surface area contributed by atoms with Crippen LogP contribution in [0.5, 0.6) is 0 Å². The quantitative estimate of drug-likeness (QED) is 0.710. The Hall–Kier alpha value is -1.30. The molecule has 0 saturated carbocycles. The molecule has 1 saturated heterocycles. The van der Waals surface area contributed by atoms with Crippen molar-refractivity contribution in [3.63, 3.8) is 0 Å². The molecule has 0 aromatic heterocycles. The molecule has 6 nitrogen and oxygen atoms in total. The highest BCUT2D eigenvalue weighted by Crippen LogP contribution is 2.15. The second-order valence-electron chi connectivity index (χ2n) is 6.12. The number of hydrogen-bond acceptors (Lipinski definition) is 3. The first-order chi connectivity index (χ1) is 9.29. The lowest BCUT2D eigenvalue weighted by Crippen LogP contribution is -2.52. The molecule has 0 aromatic rings. The first kappa shape index (κ1) is 16.8. The summed E-state index contributed by atoms with van der Waals surface area (Å²) in [6.07, 6.45) is 1.81. The minimum Gasteiger partial charge on any atom is -0.481 e. The van der Waals surface area contributed by atoms with E-state index in [0.717, 1.165) is 19.4 Å². The summed E-state index contributed by atoms with van der Waals surface area (Å²) in [5, 5.41) is 14.6. The molecule has 3 unspecified atom stereocenters. The van der Waals surface area contributed by atoms with E-state index < -0.39 is 5.97 Å². The Balaban J connectivity index is 2.43. The Bertz CT molecular complexity index is 347. The number of nitrogens with zero attached hydrogens (tertiary/aromatic N) is 1. The maximum atomic E-state index is 12.0. The Morgan fingerprint density at radius 3 is 2.55 bits per heavy atom. The molecule has 0 spiro atoms. The number of nitrogens with one attached hydrogen (secondary N) is 2. The van der Waals surface area contributed by atoms with Crippen LogP contribution in [0.15, 0.2) is 0 Å². The highest BCUT2D eigenvalue weighted by molar-refractivity contribution is 5.76. The number of piperidine rings is 1. The number of carbonyl (C=O) groups excluding carboxylic acids is 1. The third-order valence-corrected chi connectivity index (χ3v) is 4.06. The monoisotopic (exact) mass is 285 g/mol. The summed E-state index contributed by atoms with van der Waals surface area (Å²) in [6, 6.07) is 0.0238. The first-order valence-corrected chi connectivity index (χ1v) is 7.28. The maximum absolute atomic E-state index is 12.0. The molecule has 1 aliphatic heterocycles. The number of amides is 2. The van der Waals surface area contributed by atoms with Gasteiger partial charge in [0.25, 0.3) is 0 Å². The SMILES string of the molecule is CC(C)C(CC(=O)O)NC(=O)NC1CCN(C)C(C)C1. The van der Waals surface area contributed by atoms with E-state index in [1.165, 1.54) is 0 Å². The van der Waals surface area contributed by atoms with Crippen LogP contribution in [0, 0.1) is 5.92 Å². The summed E-state index contributed by atoms with van der Waals surface area (Å²) < 4.78 is 0. The van der Waals surface area contributed by atoms with Crippen molar-refractivity contribution < 1.29 is 14.7 Å². The van der Waals surface area contributed by atoms with Crippen molar-refractivity contribution in [1.82, 2.24) is 15.5 Å². The zero-order valence-corrected chi connectivity index (χ0v) is 12.8. The maximum Gasteiger partial charge on any atom is 0.315 e. The van der Waals surface area contributed by atoms with Crippen LogP contribution in [-0.2, 0) is 4.79 Å². The molecular formula is C14H27N3O3. The predicted molar refractivity (Wildman–Crippen MR) is 77.7 cm³/mol. The minimum absolute atomic E-state index is 0.0467. The Labute approximate surface area is 120 Å². The molecule has 20 heavy (non-hydrogen) atoms. The lowest BCUT2D eigenvalue weighted by molar-refractivity contribution is -0.137. The molecule has 0 bridgehead atoms. The lowest BCUT2D eigenvalue weighted by Gasteiger charge is -2.35. The van der Waals surface area contributed by atoms with Crippen LogP contribution in [-0.4, -0.2) is 53.7 Å². The average Bonchev–Trinajstić information content (AvgIpc) is 2.32. The van der Waals surface area contributed by atoms with Crippen molar-refractivity contribution in [2.75, 3.05) is 13.6 Å². The van der Waals surface area contributed by atoms with Crippen molar-refractivity contribution in [2.45, 2.75) is 58.2 Å². The number of carboxylic acids is 1. The number of aliphatic carboxylic acids is 1. The number of hydrogen-bond donors (Lipinski definition) is 3. The highest BCUT2D eigenvalue weighted by atomic mass is 16.4. The van der Waals surface area contributed by atoms with Gasteiger partial charge in [0.1, 0.15) is 0 Å². The molecule has 6 heteroatoms. The van der Waals surface area contributed by atoms with Crippen molar-refractivity contribution >= 4 is 12.0 Å². The summed E-state index contributed by atoms with van der Waals surface area (Å²) in [5.41, 5.74) is 0. The van der Waals surface area contributed by atoms with Crippen LogP contribution in [0.4, 0.5) is 4.79 Å². The number of carboxylic acid groups (broad SMARTS) is 1. The second kappa shape index (κ2) is 7.47. The summed E-state index contributed by atoms with van der Waals surface area (Å²) in [4.78, 5) is 25.0. The summed E-state index contributed by atoms with van der Waals surface area (Å²) in [5.74, 6) is -0.801. The third-order valence-electron chi connectivity index (χ3n) is 4.06. The normalized spacial score (nSPS) is 25.2. The number of likely N-dealkylation sites (tertiary alicyclic amines) is 1. The largest absolute Gasteiger partial charge is 0.481 e. The van der Waals surface area contributed by atoms with E-state index in [4.69, 9.17) is 5.11 Å². The van der Waals surface area contributed by atoms with Crippen LogP contribution in [0.2, 0.25) is 0 Å². The summed E-state index contributed by atoms with van der Waals surface area (Å²) >= 11 is 0. The van der Waals surface area contributed by atoms with Gasteiger partial charge < -0.3 is 20.6 Å². The molecule has 3 N–H and O–H groups in total. The molecule has 1 fully saturated rings. The van der Waals surface area contributed by atoms with Gasteiger partial charge in [0.2, 0.25) is 0 Å². The molecule has 0 aliphatic carbocycles. The zero-order chi connectivity index (χ0) is 15.3. The molecule has 0 radical (unpaired) electrons. The highest BCUT2D eigenvalue weighted by Gasteiger charge is 2.25. The number of carbonyl (C=O) groups is 2. The first-order valence-electron chi connectivity index (χ1n) is 7.28. The number of urea groups is 1. The zero-order valence-electron chi connectivity index (χ0n) is 12.8.